The number of fused-ring (bicyclic) bond motifs is 5. The van der Waals surface area contributed by atoms with Crippen molar-refractivity contribution in [3.63, 3.8) is 0 Å². The van der Waals surface area contributed by atoms with Crippen LogP contribution in [0.5, 0.6) is 0 Å². The Hall–Kier alpha value is -4.11. The molecule has 37 heavy (non-hydrogen) atoms. The lowest BCUT2D eigenvalue weighted by molar-refractivity contribution is -0.162. The van der Waals surface area contributed by atoms with Crippen molar-refractivity contribution in [1.82, 2.24) is 0 Å². The minimum Gasteiger partial charge on any atom is -0.442 e. The van der Waals surface area contributed by atoms with E-state index in [4.69, 9.17) is 4.74 Å². The SMILES string of the molecule is CC(=O)N1C(=O)[C@]2(c3ccccc31)[C@H](c1ccc(Br)cc1)C(=O)O[C@]21C(=O)N(C(C)=O)c2ccccc21. The Kier molecular flexibility index (Phi) is 4.84. The number of imide groups is 2. The van der Waals surface area contributed by atoms with Gasteiger partial charge >= 0.3 is 5.97 Å². The molecule has 3 aromatic rings. The van der Waals surface area contributed by atoms with Crippen LogP contribution in [-0.2, 0) is 39.7 Å². The van der Waals surface area contributed by atoms with Gasteiger partial charge in [-0.15, -0.1) is 0 Å². The van der Waals surface area contributed by atoms with Gasteiger partial charge in [0.2, 0.25) is 17.4 Å². The molecule has 184 valence electrons. The van der Waals surface area contributed by atoms with Crippen molar-refractivity contribution in [2.45, 2.75) is 30.8 Å². The van der Waals surface area contributed by atoms with E-state index in [0.29, 0.717) is 11.1 Å². The predicted molar refractivity (Wildman–Crippen MR) is 136 cm³/mol. The lowest BCUT2D eigenvalue weighted by Gasteiger charge is -2.38. The highest BCUT2D eigenvalue weighted by Gasteiger charge is 2.82. The van der Waals surface area contributed by atoms with Crippen LogP contribution < -0.4 is 9.80 Å². The molecule has 1 fully saturated rings. The molecule has 3 aromatic carbocycles. The monoisotopic (exact) mass is 558 g/mol. The number of ether oxygens (including phenoxy) is 1. The molecule has 0 bridgehead atoms. The smallest absolute Gasteiger partial charge is 0.316 e. The van der Waals surface area contributed by atoms with Crippen LogP contribution in [0.15, 0.2) is 77.3 Å². The van der Waals surface area contributed by atoms with E-state index in [1.54, 1.807) is 72.8 Å². The highest BCUT2D eigenvalue weighted by atomic mass is 79.9. The van der Waals surface area contributed by atoms with Crippen LogP contribution in [0.2, 0.25) is 0 Å². The van der Waals surface area contributed by atoms with Crippen molar-refractivity contribution in [1.29, 1.82) is 0 Å². The number of carbonyl (C=O) groups excluding carboxylic acids is 5. The number of rotatable bonds is 1. The first kappa shape index (κ1) is 23.3. The van der Waals surface area contributed by atoms with Crippen LogP contribution in [0.25, 0.3) is 0 Å². The van der Waals surface area contributed by atoms with Crippen LogP contribution in [0.3, 0.4) is 0 Å². The average molecular weight is 559 g/mol. The Morgan fingerprint density at radius 2 is 1.27 bits per heavy atom. The molecule has 0 N–H and O–H groups in total. The minimum atomic E-state index is -2.21. The van der Waals surface area contributed by atoms with Gasteiger partial charge in [-0.05, 0) is 35.4 Å². The van der Waals surface area contributed by atoms with Crippen molar-refractivity contribution >= 4 is 56.9 Å². The van der Waals surface area contributed by atoms with E-state index in [1.807, 2.05) is 0 Å². The van der Waals surface area contributed by atoms with E-state index in [-0.39, 0.29) is 16.9 Å². The van der Waals surface area contributed by atoms with Gasteiger partial charge in [0.05, 0.1) is 11.4 Å². The average Bonchev–Trinajstić information content (AvgIpc) is 3.40. The summed E-state index contributed by atoms with van der Waals surface area (Å²) in [5.74, 6) is -4.83. The second-order valence-electron chi connectivity index (χ2n) is 9.25. The van der Waals surface area contributed by atoms with Gasteiger partial charge in [-0.25, -0.2) is 9.80 Å². The van der Waals surface area contributed by atoms with Gasteiger partial charge in [0.25, 0.3) is 11.8 Å². The van der Waals surface area contributed by atoms with Crippen molar-refractivity contribution in [3.8, 4) is 0 Å². The second-order valence-corrected chi connectivity index (χ2v) is 10.2. The maximum atomic E-state index is 14.6. The first-order valence-corrected chi connectivity index (χ1v) is 12.3. The molecule has 2 spiro atoms. The number of anilines is 2. The van der Waals surface area contributed by atoms with Gasteiger partial charge in [-0.2, -0.15) is 0 Å². The number of para-hydroxylation sites is 2. The Labute approximate surface area is 219 Å². The topological polar surface area (TPSA) is 101 Å². The summed E-state index contributed by atoms with van der Waals surface area (Å²) < 4.78 is 6.82. The molecule has 1 saturated heterocycles. The fraction of sp³-hybridized carbons (Fsp3) is 0.179. The predicted octanol–water partition coefficient (Wildman–Crippen LogP) is 3.71. The van der Waals surface area contributed by atoms with Crippen molar-refractivity contribution in [2.75, 3.05) is 9.80 Å². The van der Waals surface area contributed by atoms with E-state index in [9.17, 15) is 24.0 Å². The summed E-state index contributed by atoms with van der Waals surface area (Å²) in [6.45, 7) is 2.48. The van der Waals surface area contributed by atoms with E-state index in [0.717, 1.165) is 14.3 Å². The third-order valence-corrected chi connectivity index (χ3v) is 7.98. The van der Waals surface area contributed by atoms with Crippen LogP contribution in [0, 0.1) is 0 Å². The minimum absolute atomic E-state index is 0.219. The van der Waals surface area contributed by atoms with Gasteiger partial charge in [0.1, 0.15) is 11.3 Å². The quantitative estimate of drug-likeness (QED) is 0.422. The summed E-state index contributed by atoms with van der Waals surface area (Å²) >= 11 is 3.39. The maximum Gasteiger partial charge on any atom is 0.316 e. The Morgan fingerprint density at radius 1 is 0.757 bits per heavy atom. The fourth-order valence-electron chi connectivity index (χ4n) is 6.19. The van der Waals surface area contributed by atoms with Gasteiger partial charge < -0.3 is 4.74 Å². The summed E-state index contributed by atoms with van der Waals surface area (Å²) in [4.78, 5) is 70.4. The third-order valence-electron chi connectivity index (χ3n) is 7.45. The zero-order chi connectivity index (χ0) is 26.3. The molecule has 6 rings (SSSR count). The van der Waals surface area contributed by atoms with Crippen molar-refractivity contribution in [2.24, 2.45) is 0 Å². The Bertz CT molecular complexity index is 1570. The number of benzene rings is 3. The van der Waals surface area contributed by atoms with Crippen LogP contribution >= 0.6 is 15.9 Å². The second kappa shape index (κ2) is 7.69. The molecule has 0 radical (unpaired) electrons. The number of nitrogens with zero attached hydrogens (tertiary/aromatic N) is 2. The zero-order valence-electron chi connectivity index (χ0n) is 19.7. The Balaban J connectivity index is 1.78. The first-order chi connectivity index (χ1) is 17.7. The molecule has 3 atom stereocenters. The van der Waals surface area contributed by atoms with E-state index in [1.165, 1.54) is 13.8 Å². The molecule has 3 heterocycles. The number of esters is 1. The normalized spacial score (nSPS) is 25.6. The molecule has 8 nitrogen and oxygen atoms in total. The number of halogens is 1. The molecule has 9 heteroatoms. The molecule has 3 aliphatic heterocycles. The lowest BCUT2D eigenvalue weighted by Crippen LogP contribution is -2.60. The Morgan fingerprint density at radius 3 is 1.86 bits per heavy atom. The third kappa shape index (κ3) is 2.64. The summed E-state index contributed by atoms with van der Waals surface area (Å²) in [6.07, 6.45) is 0. The summed E-state index contributed by atoms with van der Waals surface area (Å²) in [5, 5.41) is 0. The van der Waals surface area contributed by atoms with Crippen LogP contribution in [-0.4, -0.2) is 29.6 Å². The van der Waals surface area contributed by atoms with Gasteiger partial charge in [0, 0.05) is 23.9 Å². The molecule has 4 amide bonds. The summed E-state index contributed by atoms with van der Waals surface area (Å²) in [7, 11) is 0. The van der Waals surface area contributed by atoms with Crippen LogP contribution in [0.1, 0.15) is 36.5 Å². The van der Waals surface area contributed by atoms with Crippen molar-refractivity contribution < 1.29 is 28.7 Å². The van der Waals surface area contributed by atoms with E-state index >= 15 is 0 Å². The van der Waals surface area contributed by atoms with Crippen molar-refractivity contribution in [3.05, 3.63) is 94.0 Å². The number of amides is 4. The van der Waals surface area contributed by atoms with Gasteiger partial charge in [0.15, 0.2) is 0 Å². The largest absolute Gasteiger partial charge is 0.442 e. The molecule has 0 unspecified atom stereocenters. The summed E-state index contributed by atoms with van der Waals surface area (Å²) in [5.41, 5.74) is -2.73. The molecular weight excluding hydrogens is 540 g/mol. The highest BCUT2D eigenvalue weighted by Crippen LogP contribution is 2.67. The van der Waals surface area contributed by atoms with E-state index in [2.05, 4.69) is 15.9 Å². The molecule has 0 aromatic heterocycles. The van der Waals surface area contributed by atoms with Gasteiger partial charge in [-0.1, -0.05) is 64.5 Å². The molecular formula is C28H19BrN2O6. The zero-order valence-corrected chi connectivity index (χ0v) is 21.3. The summed E-state index contributed by atoms with van der Waals surface area (Å²) in [6, 6.07) is 19.9. The first-order valence-electron chi connectivity index (χ1n) is 11.6. The maximum absolute atomic E-state index is 14.6. The number of carbonyl (C=O) groups is 5. The fourth-order valence-corrected chi connectivity index (χ4v) is 6.45. The molecule has 0 saturated carbocycles. The lowest BCUT2D eigenvalue weighted by atomic mass is 9.59. The molecule has 3 aliphatic rings. The van der Waals surface area contributed by atoms with Gasteiger partial charge in [-0.3, -0.25) is 24.0 Å². The standard InChI is InChI=1S/C28H19BrN2O6/c1-15(32)30-21-9-5-3-7-19(21)27(25(30)35)23(17-11-13-18(29)14-12-17)24(34)37-28(27)20-8-4-6-10-22(20)31(16(2)33)26(28)36/h3-14,23H,1-2H3/t23-,27+,28-/m1/s1. The number of hydrogen-bond donors (Lipinski definition) is 0. The number of hydrogen-bond acceptors (Lipinski definition) is 6. The highest BCUT2D eigenvalue weighted by molar-refractivity contribution is 9.10. The molecule has 0 aliphatic carbocycles. The van der Waals surface area contributed by atoms with Crippen LogP contribution in [0.4, 0.5) is 11.4 Å². The van der Waals surface area contributed by atoms with E-state index < -0.39 is 46.5 Å².